The van der Waals surface area contributed by atoms with Gasteiger partial charge in [-0.1, -0.05) is 24.3 Å². The molecule has 0 aliphatic carbocycles. The first-order valence-corrected chi connectivity index (χ1v) is 20.1. The number of methoxy groups -OCH3 is 1. The van der Waals surface area contributed by atoms with Crippen LogP contribution < -0.4 is 10.1 Å². The van der Waals surface area contributed by atoms with Crippen LogP contribution in [0.1, 0.15) is 102 Å². The lowest BCUT2D eigenvalue weighted by atomic mass is 10.0. The Hall–Kier alpha value is -6.86. The Balaban J connectivity index is 1.71. The van der Waals surface area contributed by atoms with Crippen molar-refractivity contribution in [2.75, 3.05) is 20.3 Å². The second-order valence-corrected chi connectivity index (χ2v) is 17.3. The number of non-ortho nitro benzene ring substituents is 1. The van der Waals surface area contributed by atoms with E-state index in [4.69, 9.17) is 23.7 Å². The van der Waals surface area contributed by atoms with Gasteiger partial charge in [-0.05, 0) is 86.9 Å². The third-order valence-electron chi connectivity index (χ3n) is 8.69. The number of nitro groups is 1. The molecule has 1 N–H and O–H groups in total. The number of hydrogen-bond donors (Lipinski definition) is 1. The van der Waals surface area contributed by atoms with Gasteiger partial charge < -0.3 is 33.9 Å². The lowest BCUT2D eigenvalue weighted by Crippen LogP contribution is -2.50. The molecule has 5 amide bonds. The Bertz CT molecular complexity index is 2200. The van der Waals surface area contributed by atoms with Crippen LogP contribution in [0.4, 0.5) is 20.1 Å². The summed E-state index contributed by atoms with van der Waals surface area (Å²) in [5.41, 5.74) is -1.59. The predicted octanol–water partition coefficient (Wildman–Crippen LogP) is 6.14. The molecule has 0 radical (unpaired) electrons. The Morgan fingerprint density at radius 3 is 1.92 bits per heavy atom. The summed E-state index contributed by atoms with van der Waals surface area (Å²) in [5, 5.41) is 18.7. The number of amides is 5. The third kappa shape index (κ3) is 13.8. The number of imide groups is 1. The van der Waals surface area contributed by atoms with Gasteiger partial charge in [0, 0.05) is 42.6 Å². The summed E-state index contributed by atoms with van der Waals surface area (Å²) >= 11 is 0. The van der Waals surface area contributed by atoms with Crippen LogP contribution >= 0.6 is 0 Å². The SMILES string of the molecule is CCOC(=O)Cn1nc2c(c1OC)CN(C(=O)[C@H](Cc1ccc([N+](=O)[O-])cc1)NC(=O)c1ccc(C(=NC(=O)OC(C)(C)C)N(C(=O)OC(C)(C)C)C(=O)OC(C)(C)C)cc1)CC2. The summed E-state index contributed by atoms with van der Waals surface area (Å²) in [7, 11) is 1.42. The number of carbonyl (C=O) groups excluding carboxylic acids is 6. The minimum atomic E-state index is -1.21. The van der Waals surface area contributed by atoms with E-state index in [1.165, 1.54) is 65.2 Å². The van der Waals surface area contributed by atoms with E-state index in [0.717, 1.165) is 0 Å². The van der Waals surface area contributed by atoms with Crippen molar-refractivity contribution in [3.8, 4) is 5.88 Å². The topological polar surface area (TPSA) is 240 Å². The number of carbonyl (C=O) groups is 6. The van der Waals surface area contributed by atoms with E-state index in [1.54, 1.807) is 69.2 Å². The van der Waals surface area contributed by atoms with Gasteiger partial charge in [0.05, 0.1) is 36.4 Å². The highest BCUT2D eigenvalue weighted by Gasteiger charge is 2.38. The van der Waals surface area contributed by atoms with Gasteiger partial charge in [-0.3, -0.25) is 24.5 Å². The van der Waals surface area contributed by atoms with Gasteiger partial charge in [-0.15, -0.1) is 0 Å². The molecule has 2 heterocycles. The fourth-order valence-electron chi connectivity index (χ4n) is 6.15. The molecule has 3 aromatic rings. The molecule has 4 rings (SSSR count). The van der Waals surface area contributed by atoms with Crippen molar-refractivity contribution in [1.82, 2.24) is 24.9 Å². The van der Waals surface area contributed by atoms with Crippen molar-refractivity contribution in [1.29, 1.82) is 0 Å². The van der Waals surface area contributed by atoms with Crippen molar-refractivity contribution in [2.24, 2.45) is 4.99 Å². The number of aromatic nitrogens is 2. The van der Waals surface area contributed by atoms with Crippen molar-refractivity contribution < 1.29 is 57.4 Å². The zero-order chi connectivity index (χ0) is 47.0. The fourth-order valence-corrected chi connectivity index (χ4v) is 6.15. The van der Waals surface area contributed by atoms with E-state index in [1.807, 2.05) is 0 Å². The number of rotatable bonds is 11. The van der Waals surface area contributed by atoms with Crippen LogP contribution in [-0.4, -0.2) is 110 Å². The van der Waals surface area contributed by atoms with Crippen molar-refractivity contribution in [2.45, 2.75) is 118 Å². The van der Waals surface area contributed by atoms with E-state index in [2.05, 4.69) is 15.4 Å². The molecule has 1 atom stereocenters. The highest BCUT2D eigenvalue weighted by molar-refractivity contribution is 6.18. The van der Waals surface area contributed by atoms with Crippen molar-refractivity contribution in [3.05, 3.63) is 86.6 Å². The first-order valence-electron chi connectivity index (χ1n) is 20.1. The number of nitro benzene ring substituents is 1. The average molecular weight is 878 g/mol. The van der Waals surface area contributed by atoms with Gasteiger partial charge in [-0.25, -0.2) is 19.1 Å². The van der Waals surface area contributed by atoms with Crippen molar-refractivity contribution >= 4 is 47.6 Å². The Morgan fingerprint density at radius 1 is 0.857 bits per heavy atom. The quantitative estimate of drug-likeness (QED) is 0.0568. The smallest absolute Gasteiger partial charge is 0.436 e. The Kier molecular flexibility index (Phi) is 15.4. The summed E-state index contributed by atoms with van der Waals surface area (Å²) in [4.78, 5) is 97.8. The van der Waals surface area contributed by atoms with Crippen LogP contribution in [0.5, 0.6) is 5.88 Å². The molecular formula is C43H55N7O13. The average Bonchev–Trinajstić information content (AvgIpc) is 3.51. The molecular weight excluding hydrogens is 823 g/mol. The molecule has 0 bridgehead atoms. The second kappa shape index (κ2) is 19.9. The molecule has 63 heavy (non-hydrogen) atoms. The van der Waals surface area contributed by atoms with Gasteiger partial charge >= 0.3 is 24.2 Å². The number of nitrogens with one attached hydrogen (secondary N) is 1. The standard InChI is InChI=1S/C43H55N7O13/c1-12-60-33(51)25-48-37(59-11)30-24-47(22-21-31(30)46-48)36(53)32(23-26-13-19-29(20-14-26)50(57)58)44-35(52)28-17-15-27(16-18-28)34(45-38(54)61-41(2,3)4)49(39(55)62-42(5,6)7)40(56)63-43(8,9)10/h13-20,32H,12,21-25H2,1-11H3,(H,44,52)/t32-/m0/s1. The maximum Gasteiger partial charge on any atom is 0.436 e. The number of benzene rings is 2. The maximum absolute atomic E-state index is 14.4. The number of ether oxygens (including phenoxy) is 5. The molecule has 1 aliphatic rings. The molecule has 0 unspecified atom stereocenters. The monoisotopic (exact) mass is 877 g/mol. The highest BCUT2D eigenvalue weighted by atomic mass is 16.6. The van der Waals surface area contributed by atoms with Crippen LogP contribution in [-0.2, 0) is 54.5 Å². The zero-order valence-electron chi connectivity index (χ0n) is 37.4. The van der Waals surface area contributed by atoms with Gasteiger partial charge in [0.25, 0.3) is 11.6 Å². The summed E-state index contributed by atoms with van der Waals surface area (Å²) in [6, 6.07) is 9.70. The Morgan fingerprint density at radius 2 is 1.41 bits per heavy atom. The molecule has 20 heteroatoms. The fraction of sp³-hybridized carbons (Fsp3) is 0.488. The van der Waals surface area contributed by atoms with Crippen molar-refractivity contribution in [3.63, 3.8) is 0 Å². The van der Waals surface area contributed by atoms with Crippen LogP contribution in [0, 0.1) is 10.1 Å². The first kappa shape index (κ1) is 48.8. The van der Waals surface area contributed by atoms with E-state index in [-0.39, 0.29) is 55.4 Å². The van der Waals surface area contributed by atoms with Crippen LogP contribution in [0.2, 0.25) is 0 Å². The summed E-state index contributed by atoms with van der Waals surface area (Å²) in [5.74, 6) is -1.95. The lowest BCUT2D eigenvalue weighted by Gasteiger charge is -2.31. The molecule has 1 aliphatic heterocycles. The highest BCUT2D eigenvalue weighted by Crippen LogP contribution is 2.29. The zero-order valence-corrected chi connectivity index (χ0v) is 37.4. The minimum absolute atomic E-state index is 0.00852. The van der Waals surface area contributed by atoms with E-state index in [0.29, 0.717) is 28.1 Å². The molecule has 1 aromatic heterocycles. The molecule has 0 saturated heterocycles. The van der Waals surface area contributed by atoms with E-state index >= 15 is 0 Å². The summed E-state index contributed by atoms with van der Waals surface area (Å²) in [6.45, 7) is 16.2. The van der Waals surface area contributed by atoms with Gasteiger partial charge in [-0.2, -0.15) is 15.0 Å². The molecule has 0 fully saturated rings. The molecule has 0 saturated carbocycles. The largest absolute Gasteiger partial charge is 0.481 e. The third-order valence-corrected chi connectivity index (χ3v) is 8.69. The molecule has 20 nitrogen and oxygen atoms in total. The van der Waals surface area contributed by atoms with E-state index < -0.39 is 69.7 Å². The normalized spacial score (nSPS) is 13.5. The maximum atomic E-state index is 14.4. The number of hydrogen-bond acceptors (Lipinski definition) is 14. The summed E-state index contributed by atoms with van der Waals surface area (Å²) in [6.07, 6.45) is -3.30. The van der Waals surface area contributed by atoms with Gasteiger partial charge in [0.15, 0.2) is 5.84 Å². The number of esters is 1. The van der Waals surface area contributed by atoms with Crippen LogP contribution in [0.3, 0.4) is 0 Å². The minimum Gasteiger partial charge on any atom is -0.481 e. The molecule has 340 valence electrons. The van der Waals surface area contributed by atoms with Gasteiger partial charge in [0.2, 0.25) is 11.8 Å². The van der Waals surface area contributed by atoms with Gasteiger partial charge in [0.1, 0.15) is 29.4 Å². The van der Waals surface area contributed by atoms with Crippen LogP contribution in [0.15, 0.2) is 53.5 Å². The molecule has 2 aromatic carbocycles. The van der Waals surface area contributed by atoms with E-state index in [9.17, 15) is 38.9 Å². The number of nitrogens with zero attached hydrogens (tertiary/aromatic N) is 6. The number of aliphatic imine (C=N–C) groups is 1. The molecule has 0 spiro atoms. The first-order chi connectivity index (χ1) is 29.3. The number of fused-ring (bicyclic) bond motifs is 1. The van der Waals surface area contributed by atoms with Crippen LogP contribution in [0.25, 0.3) is 0 Å². The lowest BCUT2D eigenvalue weighted by molar-refractivity contribution is -0.384. The predicted molar refractivity (Wildman–Crippen MR) is 226 cm³/mol. The summed E-state index contributed by atoms with van der Waals surface area (Å²) < 4.78 is 28.4. The second-order valence-electron chi connectivity index (χ2n) is 17.3. The number of amidine groups is 1. The Labute approximate surface area is 365 Å².